The van der Waals surface area contributed by atoms with Crippen molar-refractivity contribution in [3.05, 3.63) is 18.2 Å². The van der Waals surface area contributed by atoms with E-state index in [1.165, 1.54) is 14.2 Å². The van der Waals surface area contributed by atoms with E-state index in [0.717, 1.165) is 13.0 Å². The van der Waals surface area contributed by atoms with Gasteiger partial charge in [0.15, 0.2) is 4.90 Å². The van der Waals surface area contributed by atoms with E-state index in [1.54, 1.807) is 18.2 Å². The highest BCUT2D eigenvalue weighted by molar-refractivity contribution is 7.89. The summed E-state index contributed by atoms with van der Waals surface area (Å²) in [5, 5.41) is 3.11. The average Bonchev–Trinajstić information content (AvgIpc) is 2.89. The Labute approximate surface area is 125 Å². The summed E-state index contributed by atoms with van der Waals surface area (Å²) in [4.78, 5) is 0.0481. The van der Waals surface area contributed by atoms with Gasteiger partial charge in [-0.1, -0.05) is 6.07 Å². The monoisotopic (exact) mass is 322 g/mol. The smallest absolute Gasteiger partial charge is 0.248 e. The minimum absolute atomic E-state index is 0. The third-order valence-corrected chi connectivity index (χ3v) is 4.62. The molecule has 0 aromatic heterocycles. The van der Waals surface area contributed by atoms with Gasteiger partial charge in [-0.3, -0.25) is 0 Å². The predicted molar refractivity (Wildman–Crippen MR) is 78.4 cm³/mol. The molecule has 0 saturated carbocycles. The first-order valence-electron chi connectivity index (χ1n) is 6.02. The fraction of sp³-hybridized carbons (Fsp3) is 0.500. The lowest BCUT2D eigenvalue weighted by atomic mass is 10.3. The Bertz CT molecular complexity index is 522. The molecule has 1 unspecified atom stereocenters. The van der Waals surface area contributed by atoms with Crippen LogP contribution in [0.5, 0.6) is 11.5 Å². The number of hydrogen-bond acceptors (Lipinski definition) is 5. The molecule has 6 nitrogen and oxygen atoms in total. The van der Waals surface area contributed by atoms with Crippen molar-refractivity contribution in [2.75, 3.05) is 27.3 Å². The van der Waals surface area contributed by atoms with E-state index in [2.05, 4.69) is 10.0 Å². The van der Waals surface area contributed by atoms with Crippen LogP contribution in [0.25, 0.3) is 0 Å². The second-order valence-electron chi connectivity index (χ2n) is 4.30. The molecule has 0 radical (unpaired) electrons. The number of methoxy groups -OCH3 is 2. The number of sulfonamides is 1. The maximum absolute atomic E-state index is 12.4. The lowest BCUT2D eigenvalue weighted by molar-refractivity contribution is 0.372. The molecule has 2 rings (SSSR count). The van der Waals surface area contributed by atoms with Gasteiger partial charge in [0, 0.05) is 12.6 Å². The summed E-state index contributed by atoms with van der Waals surface area (Å²) in [5.41, 5.74) is 0. The lowest BCUT2D eigenvalue weighted by Gasteiger charge is -2.16. The van der Waals surface area contributed by atoms with Gasteiger partial charge in [0.1, 0.15) is 11.5 Å². The van der Waals surface area contributed by atoms with E-state index >= 15 is 0 Å². The van der Waals surface area contributed by atoms with E-state index < -0.39 is 10.0 Å². The van der Waals surface area contributed by atoms with Crippen LogP contribution in [0.2, 0.25) is 0 Å². The second-order valence-corrected chi connectivity index (χ2v) is 5.95. The highest BCUT2D eigenvalue weighted by Gasteiger charge is 2.28. The molecule has 0 aliphatic carbocycles. The van der Waals surface area contributed by atoms with E-state index in [9.17, 15) is 8.42 Å². The molecule has 0 spiro atoms. The molecule has 1 aliphatic rings. The molecule has 1 atom stereocenters. The molecule has 0 amide bonds. The van der Waals surface area contributed by atoms with Crippen molar-refractivity contribution in [1.82, 2.24) is 10.0 Å². The van der Waals surface area contributed by atoms with Crippen LogP contribution in [-0.4, -0.2) is 41.8 Å². The zero-order chi connectivity index (χ0) is 13.9. The second kappa shape index (κ2) is 7.12. The minimum atomic E-state index is -3.67. The first kappa shape index (κ1) is 17.0. The predicted octanol–water partition coefficient (Wildman–Crippen LogP) is 0.766. The number of rotatable bonds is 5. The largest absolute Gasteiger partial charge is 0.495 e. The summed E-state index contributed by atoms with van der Waals surface area (Å²) in [7, 11) is -0.798. The van der Waals surface area contributed by atoms with Crippen molar-refractivity contribution in [3.8, 4) is 11.5 Å². The average molecular weight is 323 g/mol. The standard InChI is InChI=1S/C12H18N2O4S.ClH/c1-17-10-4-3-5-11(18-2)12(10)19(15,16)14-9-6-7-13-8-9;/h3-5,9,13-14H,6-8H2,1-2H3;1H. The normalized spacial score (nSPS) is 18.4. The molecule has 20 heavy (non-hydrogen) atoms. The highest BCUT2D eigenvalue weighted by atomic mass is 35.5. The molecule has 1 fully saturated rings. The zero-order valence-corrected chi connectivity index (χ0v) is 13.0. The van der Waals surface area contributed by atoms with Crippen LogP contribution in [0.3, 0.4) is 0 Å². The molecule has 114 valence electrons. The van der Waals surface area contributed by atoms with Gasteiger partial charge in [-0.25, -0.2) is 13.1 Å². The van der Waals surface area contributed by atoms with E-state index in [0.29, 0.717) is 6.54 Å². The molecule has 1 aromatic rings. The van der Waals surface area contributed by atoms with Gasteiger partial charge in [0.05, 0.1) is 14.2 Å². The van der Waals surface area contributed by atoms with Gasteiger partial charge in [0.2, 0.25) is 10.0 Å². The van der Waals surface area contributed by atoms with Gasteiger partial charge < -0.3 is 14.8 Å². The summed E-state index contributed by atoms with van der Waals surface area (Å²) in [5.74, 6) is 0.551. The Morgan fingerprint density at radius 3 is 2.30 bits per heavy atom. The van der Waals surface area contributed by atoms with E-state index in [-0.39, 0.29) is 34.8 Å². The molecule has 1 aliphatic heterocycles. The zero-order valence-electron chi connectivity index (χ0n) is 11.4. The van der Waals surface area contributed by atoms with Crippen LogP contribution in [0, 0.1) is 0 Å². The van der Waals surface area contributed by atoms with Crippen LogP contribution < -0.4 is 19.5 Å². The van der Waals surface area contributed by atoms with Gasteiger partial charge in [-0.05, 0) is 25.1 Å². The Morgan fingerprint density at radius 1 is 1.25 bits per heavy atom. The van der Waals surface area contributed by atoms with Gasteiger partial charge in [-0.15, -0.1) is 12.4 Å². The number of ether oxygens (including phenoxy) is 2. The van der Waals surface area contributed by atoms with Gasteiger partial charge in [0.25, 0.3) is 0 Å². The maximum atomic E-state index is 12.4. The molecule has 0 bridgehead atoms. The van der Waals surface area contributed by atoms with Crippen LogP contribution >= 0.6 is 12.4 Å². The third-order valence-electron chi connectivity index (χ3n) is 3.03. The van der Waals surface area contributed by atoms with Crippen LogP contribution in [-0.2, 0) is 10.0 Å². The van der Waals surface area contributed by atoms with E-state index in [1.807, 2.05) is 0 Å². The summed E-state index contributed by atoms with van der Waals surface area (Å²) in [6.45, 7) is 1.45. The van der Waals surface area contributed by atoms with Crippen molar-refractivity contribution in [3.63, 3.8) is 0 Å². The van der Waals surface area contributed by atoms with Crippen LogP contribution in [0.15, 0.2) is 23.1 Å². The SMILES string of the molecule is COc1cccc(OC)c1S(=O)(=O)NC1CCNC1.Cl. The van der Waals surface area contributed by atoms with Crippen molar-refractivity contribution in [2.24, 2.45) is 0 Å². The molecule has 2 N–H and O–H groups in total. The lowest BCUT2D eigenvalue weighted by Crippen LogP contribution is -2.36. The van der Waals surface area contributed by atoms with Crippen LogP contribution in [0.4, 0.5) is 0 Å². The maximum Gasteiger partial charge on any atom is 0.248 e. The van der Waals surface area contributed by atoms with Crippen molar-refractivity contribution >= 4 is 22.4 Å². The highest BCUT2D eigenvalue weighted by Crippen LogP contribution is 2.32. The molecular formula is C12H19ClN2O4S. The molecule has 1 heterocycles. The number of nitrogens with one attached hydrogen (secondary N) is 2. The third kappa shape index (κ3) is 3.54. The Hall–Kier alpha value is -1.02. The quantitative estimate of drug-likeness (QED) is 0.837. The summed E-state index contributed by atoms with van der Waals surface area (Å²) in [6, 6.07) is 4.79. The summed E-state index contributed by atoms with van der Waals surface area (Å²) >= 11 is 0. The minimum Gasteiger partial charge on any atom is -0.495 e. The molecule has 8 heteroatoms. The summed E-state index contributed by atoms with van der Waals surface area (Å²) in [6.07, 6.45) is 0.774. The first-order valence-corrected chi connectivity index (χ1v) is 7.51. The van der Waals surface area contributed by atoms with Gasteiger partial charge in [-0.2, -0.15) is 0 Å². The number of hydrogen-bond donors (Lipinski definition) is 2. The van der Waals surface area contributed by atoms with Gasteiger partial charge >= 0.3 is 0 Å². The number of halogens is 1. The number of benzene rings is 1. The Morgan fingerprint density at radius 2 is 1.85 bits per heavy atom. The van der Waals surface area contributed by atoms with Crippen molar-refractivity contribution in [1.29, 1.82) is 0 Å². The van der Waals surface area contributed by atoms with Crippen molar-refractivity contribution in [2.45, 2.75) is 17.4 Å². The van der Waals surface area contributed by atoms with Crippen molar-refractivity contribution < 1.29 is 17.9 Å². The topological polar surface area (TPSA) is 76.7 Å². The molecule has 1 saturated heterocycles. The first-order chi connectivity index (χ1) is 9.08. The summed E-state index contributed by atoms with van der Waals surface area (Å²) < 4.78 is 37.8. The Balaban J connectivity index is 0.00000200. The molecular weight excluding hydrogens is 304 g/mol. The molecule has 1 aromatic carbocycles. The van der Waals surface area contributed by atoms with Crippen LogP contribution in [0.1, 0.15) is 6.42 Å². The Kier molecular flexibility index (Phi) is 6.07. The fourth-order valence-corrected chi connectivity index (χ4v) is 3.71. The van der Waals surface area contributed by atoms with E-state index in [4.69, 9.17) is 9.47 Å². The fourth-order valence-electron chi connectivity index (χ4n) is 2.12.